The van der Waals surface area contributed by atoms with Crippen LogP contribution in [0.1, 0.15) is 17.5 Å². The molecule has 2 aromatic rings. The Bertz CT molecular complexity index is 640. The lowest BCUT2D eigenvalue weighted by Gasteiger charge is -2.10. The van der Waals surface area contributed by atoms with Gasteiger partial charge < -0.3 is 10.1 Å². The first-order valence-electron chi connectivity index (χ1n) is 6.78. The highest BCUT2D eigenvalue weighted by Gasteiger charge is 2.08. The van der Waals surface area contributed by atoms with Gasteiger partial charge in [0.2, 0.25) is 5.91 Å². The summed E-state index contributed by atoms with van der Waals surface area (Å²) in [5.74, 6) is 0.774. The fourth-order valence-electron chi connectivity index (χ4n) is 2.10. The number of methoxy groups -OCH3 is 1. The number of carbonyl (C=O) groups excluding carboxylic acids is 1. The number of hydrogen-bond acceptors (Lipinski definition) is 2. The first-order valence-corrected chi connectivity index (χ1v) is 7.16. The van der Waals surface area contributed by atoms with Crippen LogP contribution >= 0.6 is 11.6 Å². The van der Waals surface area contributed by atoms with E-state index in [9.17, 15) is 4.79 Å². The van der Waals surface area contributed by atoms with E-state index in [2.05, 4.69) is 5.32 Å². The summed E-state index contributed by atoms with van der Waals surface area (Å²) in [6.07, 6.45) is 1.03. The zero-order chi connectivity index (χ0) is 15.2. The summed E-state index contributed by atoms with van der Waals surface area (Å²) in [5.41, 5.74) is 2.77. The van der Waals surface area contributed by atoms with Gasteiger partial charge >= 0.3 is 0 Å². The van der Waals surface area contributed by atoms with Crippen LogP contribution in [0.4, 0.5) is 5.69 Å². The molecule has 4 heteroatoms. The first-order chi connectivity index (χ1) is 10.1. The lowest BCUT2D eigenvalue weighted by atomic mass is 10.1. The molecular formula is C17H18ClNO2. The molecule has 2 rings (SSSR count). The van der Waals surface area contributed by atoms with E-state index in [0.717, 1.165) is 22.6 Å². The maximum atomic E-state index is 12.1. The number of anilines is 1. The molecule has 1 N–H and O–H groups in total. The van der Waals surface area contributed by atoms with Gasteiger partial charge in [0, 0.05) is 17.1 Å². The van der Waals surface area contributed by atoms with Crippen molar-refractivity contribution in [3.63, 3.8) is 0 Å². The molecule has 1 amide bonds. The van der Waals surface area contributed by atoms with Crippen LogP contribution in [0.15, 0.2) is 42.5 Å². The Morgan fingerprint density at radius 1 is 1.24 bits per heavy atom. The Kier molecular flexibility index (Phi) is 5.23. The van der Waals surface area contributed by atoms with E-state index < -0.39 is 0 Å². The lowest BCUT2D eigenvalue weighted by molar-refractivity contribution is -0.116. The zero-order valence-corrected chi connectivity index (χ0v) is 12.9. The van der Waals surface area contributed by atoms with Crippen molar-refractivity contribution < 1.29 is 9.53 Å². The van der Waals surface area contributed by atoms with E-state index in [4.69, 9.17) is 16.3 Å². The lowest BCUT2D eigenvalue weighted by Crippen LogP contribution is -2.13. The summed E-state index contributed by atoms with van der Waals surface area (Å²) in [6, 6.07) is 13.2. The van der Waals surface area contributed by atoms with E-state index >= 15 is 0 Å². The fourth-order valence-corrected chi connectivity index (χ4v) is 2.27. The van der Waals surface area contributed by atoms with Crippen molar-refractivity contribution in [3.05, 3.63) is 58.6 Å². The quantitative estimate of drug-likeness (QED) is 0.897. The van der Waals surface area contributed by atoms with Gasteiger partial charge in [-0.1, -0.05) is 35.9 Å². The third-order valence-corrected chi connectivity index (χ3v) is 3.52. The van der Waals surface area contributed by atoms with Crippen LogP contribution in [0.5, 0.6) is 5.75 Å². The maximum Gasteiger partial charge on any atom is 0.224 e. The molecule has 0 fully saturated rings. The number of halogens is 1. The smallest absolute Gasteiger partial charge is 0.224 e. The topological polar surface area (TPSA) is 38.3 Å². The second-order valence-corrected chi connectivity index (χ2v) is 5.26. The molecule has 0 radical (unpaired) electrons. The molecular weight excluding hydrogens is 286 g/mol. The van der Waals surface area contributed by atoms with E-state index in [-0.39, 0.29) is 5.91 Å². The molecule has 0 saturated carbocycles. The van der Waals surface area contributed by atoms with E-state index in [1.54, 1.807) is 19.2 Å². The highest BCUT2D eigenvalue weighted by molar-refractivity contribution is 6.31. The molecule has 21 heavy (non-hydrogen) atoms. The molecule has 0 aliphatic rings. The average molecular weight is 304 g/mol. The van der Waals surface area contributed by atoms with Gasteiger partial charge in [-0.15, -0.1) is 0 Å². The molecule has 110 valence electrons. The van der Waals surface area contributed by atoms with E-state index in [1.807, 2.05) is 37.3 Å². The van der Waals surface area contributed by atoms with Crippen molar-refractivity contribution in [2.24, 2.45) is 0 Å². The minimum atomic E-state index is -0.0359. The van der Waals surface area contributed by atoms with Gasteiger partial charge in [0.25, 0.3) is 0 Å². The van der Waals surface area contributed by atoms with Crippen LogP contribution in [-0.4, -0.2) is 13.0 Å². The van der Waals surface area contributed by atoms with Crippen molar-refractivity contribution >= 4 is 23.2 Å². The van der Waals surface area contributed by atoms with Gasteiger partial charge in [-0.25, -0.2) is 0 Å². The third-order valence-electron chi connectivity index (χ3n) is 3.29. The second kappa shape index (κ2) is 7.14. The maximum absolute atomic E-state index is 12.1. The predicted molar refractivity (Wildman–Crippen MR) is 86.1 cm³/mol. The number of nitrogens with one attached hydrogen (secondary N) is 1. The average Bonchev–Trinajstić information content (AvgIpc) is 2.49. The minimum Gasteiger partial charge on any atom is -0.496 e. The standard InChI is InChI=1S/C17H18ClNO2/c1-12-7-9-14(18)11-15(12)19-17(20)10-8-13-5-3-4-6-16(13)21-2/h3-7,9,11H,8,10H2,1-2H3,(H,19,20). The fraction of sp³-hybridized carbons (Fsp3) is 0.235. The summed E-state index contributed by atoms with van der Waals surface area (Å²) in [6.45, 7) is 1.94. The number of ether oxygens (including phenoxy) is 1. The number of para-hydroxylation sites is 1. The zero-order valence-electron chi connectivity index (χ0n) is 12.2. The monoisotopic (exact) mass is 303 g/mol. The summed E-state index contributed by atoms with van der Waals surface area (Å²) < 4.78 is 5.28. The van der Waals surface area contributed by atoms with Crippen LogP contribution in [0.25, 0.3) is 0 Å². The number of hydrogen-bond donors (Lipinski definition) is 1. The number of benzene rings is 2. The van der Waals surface area contributed by atoms with E-state index in [0.29, 0.717) is 17.9 Å². The van der Waals surface area contributed by atoms with Crippen LogP contribution in [-0.2, 0) is 11.2 Å². The Hall–Kier alpha value is -2.00. The summed E-state index contributed by atoms with van der Waals surface area (Å²) in [5, 5.41) is 3.51. The Morgan fingerprint density at radius 3 is 2.76 bits per heavy atom. The van der Waals surface area contributed by atoms with Crippen molar-refractivity contribution in [2.45, 2.75) is 19.8 Å². The molecule has 3 nitrogen and oxygen atoms in total. The molecule has 0 atom stereocenters. The van der Waals surface area contributed by atoms with Crippen LogP contribution in [0, 0.1) is 6.92 Å². The van der Waals surface area contributed by atoms with Gasteiger partial charge in [0.1, 0.15) is 5.75 Å². The van der Waals surface area contributed by atoms with Crippen molar-refractivity contribution in [1.82, 2.24) is 0 Å². The molecule has 0 aliphatic heterocycles. The molecule has 0 saturated heterocycles. The third kappa shape index (κ3) is 4.23. The molecule has 0 aromatic heterocycles. The number of aryl methyl sites for hydroxylation is 2. The molecule has 0 aliphatic carbocycles. The van der Waals surface area contributed by atoms with Gasteiger partial charge in [-0.05, 0) is 42.7 Å². The Balaban J connectivity index is 1.97. The van der Waals surface area contributed by atoms with Gasteiger partial charge in [-0.2, -0.15) is 0 Å². The number of carbonyl (C=O) groups is 1. The number of amides is 1. The molecule has 0 spiro atoms. The second-order valence-electron chi connectivity index (χ2n) is 4.82. The number of rotatable bonds is 5. The van der Waals surface area contributed by atoms with Gasteiger partial charge in [0.05, 0.1) is 7.11 Å². The normalized spacial score (nSPS) is 10.2. The van der Waals surface area contributed by atoms with Crippen molar-refractivity contribution in [2.75, 3.05) is 12.4 Å². The minimum absolute atomic E-state index is 0.0359. The van der Waals surface area contributed by atoms with Crippen LogP contribution in [0.2, 0.25) is 5.02 Å². The van der Waals surface area contributed by atoms with E-state index in [1.165, 1.54) is 0 Å². The largest absolute Gasteiger partial charge is 0.496 e. The van der Waals surface area contributed by atoms with Crippen molar-refractivity contribution in [3.8, 4) is 5.75 Å². The van der Waals surface area contributed by atoms with Crippen LogP contribution < -0.4 is 10.1 Å². The van der Waals surface area contributed by atoms with Crippen molar-refractivity contribution in [1.29, 1.82) is 0 Å². The SMILES string of the molecule is COc1ccccc1CCC(=O)Nc1cc(Cl)ccc1C. The highest BCUT2D eigenvalue weighted by atomic mass is 35.5. The first kappa shape index (κ1) is 15.4. The Labute approximate surface area is 129 Å². The summed E-state index contributed by atoms with van der Waals surface area (Å²) in [7, 11) is 1.63. The van der Waals surface area contributed by atoms with Gasteiger partial charge in [0.15, 0.2) is 0 Å². The van der Waals surface area contributed by atoms with Crippen LogP contribution in [0.3, 0.4) is 0 Å². The molecule has 0 unspecified atom stereocenters. The molecule has 0 heterocycles. The highest BCUT2D eigenvalue weighted by Crippen LogP contribution is 2.22. The summed E-state index contributed by atoms with van der Waals surface area (Å²) >= 11 is 5.94. The summed E-state index contributed by atoms with van der Waals surface area (Å²) in [4.78, 5) is 12.1. The van der Waals surface area contributed by atoms with Gasteiger partial charge in [-0.3, -0.25) is 4.79 Å². The Morgan fingerprint density at radius 2 is 2.00 bits per heavy atom. The molecule has 0 bridgehead atoms. The molecule has 2 aromatic carbocycles. The predicted octanol–water partition coefficient (Wildman–Crippen LogP) is 4.23.